The van der Waals surface area contributed by atoms with Crippen LogP contribution in [0.25, 0.3) is 0 Å². The van der Waals surface area contributed by atoms with Crippen LogP contribution in [0.1, 0.15) is 12.5 Å². The monoisotopic (exact) mass is 258 g/mol. The molecule has 0 saturated heterocycles. The number of nitrogens with two attached hydrogens (primary N) is 1. The van der Waals surface area contributed by atoms with Gasteiger partial charge in [-0.25, -0.2) is 0 Å². The zero-order valence-electron chi connectivity index (χ0n) is 9.10. The maximum atomic E-state index is 11.3. The number of carbonyl (C=O) groups excluding carboxylic acids is 1. The van der Waals surface area contributed by atoms with E-state index in [4.69, 9.17) is 22.1 Å². The first-order valence-corrected chi connectivity index (χ1v) is 5.22. The fourth-order valence-electron chi connectivity index (χ4n) is 1.34. The summed E-state index contributed by atoms with van der Waals surface area (Å²) in [5.74, 6) is -0.579. The summed E-state index contributed by atoms with van der Waals surface area (Å²) in [6, 6.07) is 2.54. The first kappa shape index (κ1) is 13.2. The Bertz CT molecular complexity index is 462. The van der Waals surface area contributed by atoms with Gasteiger partial charge in [0.25, 0.3) is 5.69 Å². The van der Waals surface area contributed by atoms with Crippen molar-refractivity contribution >= 4 is 28.9 Å². The number of ether oxygens (including phenoxy) is 1. The normalized spacial score (nSPS) is 10.0. The summed E-state index contributed by atoms with van der Waals surface area (Å²) in [6.07, 6.45) is -0.267. The van der Waals surface area contributed by atoms with Crippen molar-refractivity contribution in [1.82, 2.24) is 0 Å². The molecule has 1 aromatic carbocycles. The number of nitro benzene ring substituents is 1. The van der Waals surface area contributed by atoms with E-state index in [1.54, 1.807) is 6.92 Å². The zero-order chi connectivity index (χ0) is 13.0. The first-order valence-electron chi connectivity index (χ1n) is 4.84. The van der Waals surface area contributed by atoms with Crippen molar-refractivity contribution in [1.29, 1.82) is 0 Å². The lowest BCUT2D eigenvalue weighted by atomic mass is 10.1. The molecule has 0 aromatic heterocycles. The van der Waals surface area contributed by atoms with E-state index < -0.39 is 10.9 Å². The summed E-state index contributed by atoms with van der Waals surface area (Å²) in [5, 5.41) is 11.0. The average Bonchev–Trinajstić information content (AvgIpc) is 2.25. The molecule has 0 fully saturated rings. The Labute approximate surface area is 102 Å². The van der Waals surface area contributed by atoms with Gasteiger partial charge in [-0.15, -0.1) is 0 Å². The van der Waals surface area contributed by atoms with Gasteiger partial charge in [0.15, 0.2) is 0 Å². The quantitative estimate of drug-likeness (QED) is 0.385. The lowest BCUT2D eigenvalue weighted by Crippen LogP contribution is -2.11. The van der Waals surface area contributed by atoms with Crippen molar-refractivity contribution in [3.05, 3.63) is 32.8 Å². The van der Waals surface area contributed by atoms with Gasteiger partial charge in [0.1, 0.15) is 0 Å². The fourth-order valence-corrected chi connectivity index (χ4v) is 1.51. The molecule has 1 aromatic rings. The van der Waals surface area contributed by atoms with Crippen LogP contribution >= 0.6 is 11.6 Å². The maximum absolute atomic E-state index is 11.3. The Hall–Kier alpha value is -1.82. The number of nitrogens with zero attached hydrogens (tertiary/aromatic N) is 1. The lowest BCUT2D eigenvalue weighted by Gasteiger charge is -2.07. The van der Waals surface area contributed by atoms with E-state index in [9.17, 15) is 14.9 Å². The van der Waals surface area contributed by atoms with Crippen LogP contribution in [0.2, 0.25) is 5.02 Å². The van der Waals surface area contributed by atoms with Gasteiger partial charge in [-0.2, -0.15) is 0 Å². The van der Waals surface area contributed by atoms with Crippen molar-refractivity contribution in [3.8, 4) is 0 Å². The Balaban J connectivity index is 3.14. The highest BCUT2D eigenvalue weighted by atomic mass is 35.5. The van der Waals surface area contributed by atoms with Crippen molar-refractivity contribution in [2.24, 2.45) is 0 Å². The Morgan fingerprint density at radius 3 is 2.76 bits per heavy atom. The minimum absolute atomic E-state index is 0.0360. The van der Waals surface area contributed by atoms with E-state index in [1.165, 1.54) is 12.1 Å². The number of hydrogen-bond acceptors (Lipinski definition) is 5. The van der Waals surface area contributed by atoms with Gasteiger partial charge in [0.05, 0.1) is 34.2 Å². The second-order valence-electron chi connectivity index (χ2n) is 3.20. The van der Waals surface area contributed by atoms with Crippen molar-refractivity contribution in [3.63, 3.8) is 0 Å². The molecule has 2 N–H and O–H groups in total. The number of nitrogen functional groups attached to an aromatic ring is 1. The van der Waals surface area contributed by atoms with Crippen LogP contribution in [0, 0.1) is 10.1 Å². The molecule has 0 spiro atoms. The Morgan fingerprint density at radius 2 is 2.24 bits per heavy atom. The number of esters is 1. The minimum atomic E-state index is -0.610. The highest BCUT2D eigenvalue weighted by molar-refractivity contribution is 6.33. The third kappa shape index (κ3) is 3.07. The molecule has 6 nitrogen and oxygen atoms in total. The number of benzene rings is 1. The van der Waals surface area contributed by atoms with Crippen LogP contribution in [-0.4, -0.2) is 17.5 Å². The van der Waals surface area contributed by atoms with Gasteiger partial charge in [-0.1, -0.05) is 11.6 Å². The molecular formula is C10H11ClN2O4. The topological polar surface area (TPSA) is 95.5 Å². The smallest absolute Gasteiger partial charge is 0.310 e. The highest BCUT2D eigenvalue weighted by Gasteiger charge is 2.21. The van der Waals surface area contributed by atoms with Gasteiger partial charge >= 0.3 is 5.97 Å². The molecule has 0 heterocycles. The van der Waals surface area contributed by atoms with E-state index in [0.717, 1.165) is 0 Å². The molecule has 92 valence electrons. The number of halogens is 1. The average molecular weight is 259 g/mol. The van der Waals surface area contributed by atoms with Crippen molar-refractivity contribution < 1.29 is 14.5 Å². The lowest BCUT2D eigenvalue weighted by molar-refractivity contribution is -0.385. The molecule has 0 bridgehead atoms. The molecular weight excluding hydrogens is 248 g/mol. The van der Waals surface area contributed by atoms with Gasteiger partial charge in [-0.05, 0) is 13.0 Å². The summed E-state index contributed by atoms with van der Waals surface area (Å²) in [5.41, 5.74) is 5.51. The van der Waals surface area contributed by atoms with E-state index in [0.29, 0.717) is 0 Å². The third-order valence-electron chi connectivity index (χ3n) is 2.10. The van der Waals surface area contributed by atoms with Crippen LogP contribution in [0.3, 0.4) is 0 Å². The van der Waals surface area contributed by atoms with Gasteiger partial charge in [-0.3, -0.25) is 14.9 Å². The molecule has 1 rings (SSSR count). The molecule has 0 saturated carbocycles. The Morgan fingerprint density at radius 1 is 1.59 bits per heavy atom. The van der Waals surface area contributed by atoms with Crippen molar-refractivity contribution in [2.75, 3.05) is 12.3 Å². The second-order valence-corrected chi connectivity index (χ2v) is 3.60. The minimum Gasteiger partial charge on any atom is -0.466 e. The molecule has 0 aliphatic rings. The van der Waals surface area contributed by atoms with E-state index >= 15 is 0 Å². The molecule has 0 aliphatic heterocycles. The standard InChI is InChI=1S/C10H11ClN2O4/c1-2-17-9(14)5-6-8(13(15)16)4-3-7(11)10(6)12/h3-4H,2,5,12H2,1H3. The first-order chi connectivity index (χ1) is 7.97. The molecule has 0 atom stereocenters. The number of rotatable bonds is 4. The fraction of sp³-hybridized carbons (Fsp3) is 0.300. The molecule has 0 unspecified atom stereocenters. The molecule has 0 amide bonds. The maximum Gasteiger partial charge on any atom is 0.310 e. The molecule has 0 radical (unpaired) electrons. The summed E-state index contributed by atoms with van der Waals surface area (Å²) in [4.78, 5) is 21.5. The number of carbonyl (C=O) groups is 1. The van der Waals surface area contributed by atoms with Crippen LogP contribution in [-0.2, 0) is 16.0 Å². The van der Waals surface area contributed by atoms with E-state index in [2.05, 4.69) is 0 Å². The predicted octanol–water partition coefficient (Wildman–Crippen LogP) is 1.94. The summed E-state index contributed by atoms with van der Waals surface area (Å²) in [7, 11) is 0. The van der Waals surface area contributed by atoms with Gasteiger partial charge in [0, 0.05) is 6.07 Å². The van der Waals surface area contributed by atoms with Gasteiger partial charge < -0.3 is 10.5 Å². The summed E-state index contributed by atoms with van der Waals surface area (Å²) >= 11 is 5.75. The molecule has 7 heteroatoms. The van der Waals surface area contributed by atoms with Crippen molar-refractivity contribution in [2.45, 2.75) is 13.3 Å². The van der Waals surface area contributed by atoms with E-state index in [1.807, 2.05) is 0 Å². The predicted molar refractivity (Wildman–Crippen MR) is 62.9 cm³/mol. The van der Waals surface area contributed by atoms with Crippen LogP contribution < -0.4 is 5.73 Å². The Kier molecular flexibility index (Phi) is 4.28. The highest BCUT2D eigenvalue weighted by Crippen LogP contribution is 2.31. The number of nitro groups is 1. The summed E-state index contributed by atoms with van der Waals surface area (Å²) in [6.45, 7) is 1.85. The molecule has 0 aliphatic carbocycles. The van der Waals surface area contributed by atoms with Gasteiger partial charge in [0.2, 0.25) is 0 Å². The SMILES string of the molecule is CCOC(=O)Cc1c([N+](=O)[O-])ccc(Cl)c1N. The molecule has 17 heavy (non-hydrogen) atoms. The van der Waals surface area contributed by atoms with Crippen LogP contribution in [0.5, 0.6) is 0 Å². The summed E-state index contributed by atoms with van der Waals surface area (Å²) < 4.78 is 4.72. The van der Waals surface area contributed by atoms with E-state index in [-0.39, 0.29) is 35.0 Å². The number of hydrogen-bond donors (Lipinski definition) is 1. The zero-order valence-corrected chi connectivity index (χ0v) is 9.86. The third-order valence-corrected chi connectivity index (χ3v) is 2.43. The van der Waals surface area contributed by atoms with Crippen LogP contribution in [0.15, 0.2) is 12.1 Å². The largest absolute Gasteiger partial charge is 0.466 e. The van der Waals surface area contributed by atoms with Crippen LogP contribution in [0.4, 0.5) is 11.4 Å². The number of anilines is 1. The second kappa shape index (κ2) is 5.49.